The van der Waals surface area contributed by atoms with Crippen LogP contribution in [0.2, 0.25) is 0 Å². The molecule has 0 spiro atoms. The average molecular weight is 275 g/mol. The Labute approximate surface area is 121 Å². The molecule has 0 bridgehead atoms. The van der Waals surface area contributed by atoms with Crippen molar-refractivity contribution in [1.82, 2.24) is 5.32 Å². The number of nitrogens with zero attached hydrogens (tertiary/aromatic N) is 1. The topological polar surface area (TPSA) is 44.4 Å². The highest BCUT2D eigenvalue weighted by Gasteiger charge is 2.20. The van der Waals surface area contributed by atoms with Crippen molar-refractivity contribution in [2.75, 3.05) is 24.3 Å². The van der Waals surface area contributed by atoms with Gasteiger partial charge >= 0.3 is 0 Å². The van der Waals surface area contributed by atoms with E-state index >= 15 is 0 Å². The summed E-state index contributed by atoms with van der Waals surface area (Å²) in [6.45, 7) is 1.91. The third-order valence-electron chi connectivity index (χ3n) is 3.84. The van der Waals surface area contributed by atoms with E-state index in [-0.39, 0.29) is 11.9 Å². The highest BCUT2D eigenvalue weighted by atomic mass is 16.2. The lowest BCUT2D eigenvalue weighted by atomic mass is 10.2. The second-order valence-electron chi connectivity index (χ2n) is 5.80. The number of benzene rings is 1. The normalized spacial score (nSPS) is 16.8. The molecule has 2 rings (SSSR count). The highest BCUT2D eigenvalue weighted by molar-refractivity contribution is 5.84. The van der Waals surface area contributed by atoms with Crippen molar-refractivity contribution >= 4 is 17.3 Å². The van der Waals surface area contributed by atoms with Gasteiger partial charge in [0.05, 0.1) is 0 Å². The fraction of sp³-hybridized carbons (Fsp3) is 0.562. The van der Waals surface area contributed by atoms with E-state index in [1.807, 2.05) is 33.2 Å². The van der Waals surface area contributed by atoms with Crippen molar-refractivity contribution in [3.05, 3.63) is 24.3 Å². The SMILES string of the molecule is CC(Nc1cccc(N(C)C)c1)C(=O)NC1CCCC1. The number of anilines is 2. The summed E-state index contributed by atoms with van der Waals surface area (Å²) in [5.41, 5.74) is 2.10. The van der Waals surface area contributed by atoms with E-state index in [0.717, 1.165) is 24.2 Å². The molecule has 110 valence electrons. The molecular weight excluding hydrogens is 250 g/mol. The lowest BCUT2D eigenvalue weighted by Crippen LogP contribution is -2.42. The van der Waals surface area contributed by atoms with Crippen LogP contribution < -0.4 is 15.5 Å². The van der Waals surface area contributed by atoms with Gasteiger partial charge < -0.3 is 15.5 Å². The number of amides is 1. The maximum absolute atomic E-state index is 12.1. The first-order valence-electron chi connectivity index (χ1n) is 7.40. The molecule has 1 aliphatic carbocycles. The summed E-state index contributed by atoms with van der Waals surface area (Å²) >= 11 is 0. The Bertz CT molecular complexity index is 453. The number of nitrogens with one attached hydrogen (secondary N) is 2. The molecular formula is C16H25N3O. The summed E-state index contributed by atoms with van der Waals surface area (Å²) in [7, 11) is 4.02. The largest absolute Gasteiger partial charge is 0.378 e. The minimum Gasteiger partial charge on any atom is -0.378 e. The summed E-state index contributed by atoms with van der Waals surface area (Å²) in [5.74, 6) is 0.0900. The molecule has 20 heavy (non-hydrogen) atoms. The maximum Gasteiger partial charge on any atom is 0.242 e. The second-order valence-corrected chi connectivity index (χ2v) is 5.80. The zero-order valence-corrected chi connectivity index (χ0v) is 12.6. The molecule has 4 nitrogen and oxygen atoms in total. The van der Waals surface area contributed by atoms with Crippen LogP contribution in [-0.2, 0) is 4.79 Å². The van der Waals surface area contributed by atoms with E-state index in [2.05, 4.69) is 27.7 Å². The molecule has 0 aliphatic heterocycles. The van der Waals surface area contributed by atoms with Crippen molar-refractivity contribution < 1.29 is 4.79 Å². The Hall–Kier alpha value is -1.71. The smallest absolute Gasteiger partial charge is 0.242 e. The van der Waals surface area contributed by atoms with Gasteiger partial charge in [-0.25, -0.2) is 0 Å². The standard InChI is InChI=1S/C16H25N3O/c1-12(16(20)18-13-7-4-5-8-13)17-14-9-6-10-15(11-14)19(2)3/h6,9-13,17H,4-5,7-8H2,1-3H3,(H,18,20). The fourth-order valence-electron chi connectivity index (χ4n) is 2.59. The molecule has 1 atom stereocenters. The van der Waals surface area contributed by atoms with E-state index in [4.69, 9.17) is 0 Å². The van der Waals surface area contributed by atoms with Gasteiger partial charge in [0, 0.05) is 31.5 Å². The zero-order valence-electron chi connectivity index (χ0n) is 12.6. The van der Waals surface area contributed by atoms with Crippen LogP contribution in [0.15, 0.2) is 24.3 Å². The van der Waals surface area contributed by atoms with Crippen LogP contribution in [-0.4, -0.2) is 32.1 Å². The monoisotopic (exact) mass is 275 g/mol. The van der Waals surface area contributed by atoms with Crippen LogP contribution in [0.3, 0.4) is 0 Å². The lowest BCUT2D eigenvalue weighted by Gasteiger charge is -2.20. The van der Waals surface area contributed by atoms with Crippen LogP contribution in [0, 0.1) is 0 Å². The van der Waals surface area contributed by atoms with Gasteiger partial charge in [-0.2, -0.15) is 0 Å². The summed E-state index contributed by atoms with van der Waals surface area (Å²) in [6, 6.07) is 8.26. The van der Waals surface area contributed by atoms with Crippen molar-refractivity contribution in [1.29, 1.82) is 0 Å². The average Bonchev–Trinajstić information content (AvgIpc) is 2.91. The summed E-state index contributed by atoms with van der Waals surface area (Å²) in [6.07, 6.45) is 4.71. The summed E-state index contributed by atoms with van der Waals surface area (Å²) < 4.78 is 0. The van der Waals surface area contributed by atoms with Gasteiger partial charge in [0.2, 0.25) is 5.91 Å². The first-order valence-corrected chi connectivity index (χ1v) is 7.40. The number of rotatable bonds is 5. The van der Waals surface area contributed by atoms with Gasteiger partial charge in [-0.15, -0.1) is 0 Å². The lowest BCUT2D eigenvalue weighted by molar-refractivity contribution is -0.122. The Morgan fingerprint density at radius 3 is 2.65 bits per heavy atom. The van der Waals surface area contributed by atoms with E-state index in [9.17, 15) is 4.79 Å². The molecule has 1 aromatic carbocycles. The third-order valence-corrected chi connectivity index (χ3v) is 3.84. The molecule has 1 fully saturated rings. The number of hydrogen-bond acceptors (Lipinski definition) is 3. The van der Waals surface area contributed by atoms with E-state index in [0.29, 0.717) is 6.04 Å². The predicted octanol–water partition coefficient (Wildman–Crippen LogP) is 2.61. The van der Waals surface area contributed by atoms with Crippen LogP contribution in [0.5, 0.6) is 0 Å². The Morgan fingerprint density at radius 1 is 1.30 bits per heavy atom. The predicted molar refractivity (Wildman–Crippen MR) is 84.3 cm³/mol. The molecule has 1 saturated carbocycles. The van der Waals surface area contributed by atoms with Crippen LogP contribution in [0.25, 0.3) is 0 Å². The van der Waals surface area contributed by atoms with Crippen LogP contribution in [0.1, 0.15) is 32.6 Å². The molecule has 0 saturated heterocycles. The second kappa shape index (κ2) is 6.64. The molecule has 0 heterocycles. The maximum atomic E-state index is 12.1. The Kier molecular flexibility index (Phi) is 4.88. The van der Waals surface area contributed by atoms with Crippen molar-refractivity contribution in [2.45, 2.75) is 44.7 Å². The number of carbonyl (C=O) groups excluding carboxylic acids is 1. The third kappa shape index (κ3) is 3.89. The van der Waals surface area contributed by atoms with Gasteiger partial charge in [-0.1, -0.05) is 18.9 Å². The molecule has 0 aromatic heterocycles. The van der Waals surface area contributed by atoms with E-state index in [1.165, 1.54) is 12.8 Å². The molecule has 0 radical (unpaired) electrons. The van der Waals surface area contributed by atoms with Crippen molar-refractivity contribution in [3.63, 3.8) is 0 Å². The molecule has 1 amide bonds. The highest BCUT2D eigenvalue weighted by Crippen LogP contribution is 2.19. The number of hydrogen-bond donors (Lipinski definition) is 2. The van der Waals surface area contributed by atoms with Gasteiger partial charge in [-0.05, 0) is 38.0 Å². The van der Waals surface area contributed by atoms with Crippen molar-refractivity contribution in [2.24, 2.45) is 0 Å². The minimum atomic E-state index is -0.215. The van der Waals surface area contributed by atoms with E-state index in [1.54, 1.807) is 0 Å². The van der Waals surface area contributed by atoms with Crippen LogP contribution in [0.4, 0.5) is 11.4 Å². The van der Waals surface area contributed by atoms with Gasteiger partial charge in [0.15, 0.2) is 0 Å². The van der Waals surface area contributed by atoms with Crippen LogP contribution >= 0.6 is 0 Å². The number of carbonyl (C=O) groups is 1. The van der Waals surface area contributed by atoms with Gasteiger partial charge in [0.25, 0.3) is 0 Å². The fourth-order valence-corrected chi connectivity index (χ4v) is 2.59. The van der Waals surface area contributed by atoms with Gasteiger partial charge in [0.1, 0.15) is 6.04 Å². The summed E-state index contributed by atoms with van der Waals surface area (Å²) in [4.78, 5) is 14.2. The molecule has 2 N–H and O–H groups in total. The van der Waals surface area contributed by atoms with E-state index < -0.39 is 0 Å². The first-order chi connectivity index (χ1) is 9.56. The molecule has 1 aromatic rings. The molecule has 1 unspecified atom stereocenters. The Balaban J connectivity index is 1.91. The Morgan fingerprint density at radius 2 is 2.00 bits per heavy atom. The quantitative estimate of drug-likeness (QED) is 0.868. The van der Waals surface area contributed by atoms with Gasteiger partial charge in [-0.3, -0.25) is 4.79 Å². The minimum absolute atomic E-state index is 0.0900. The molecule has 1 aliphatic rings. The summed E-state index contributed by atoms with van der Waals surface area (Å²) in [5, 5.41) is 6.40. The molecule has 4 heteroatoms. The first kappa shape index (κ1) is 14.7. The van der Waals surface area contributed by atoms with Crippen molar-refractivity contribution in [3.8, 4) is 0 Å². The zero-order chi connectivity index (χ0) is 14.5.